The van der Waals surface area contributed by atoms with E-state index in [1.807, 2.05) is 30.3 Å². The smallest absolute Gasteiger partial charge is 0.422 e. The van der Waals surface area contributed by atoms with E-state index in [4.69, 9.17) is 14.2 Å². The van der Waals surface area contributed by atoms with E-state index in [0.29, 0.717) is 5.75 Å². The second-order valence-electron chi connectivity index (χ2n) is 5.06. The summed E-state index contributed by atoms with van der Waals surface area (Å²) in [6.07, 6.45) is -4.51. The fourth-order valence-electron chi connectivity index (χ4n) is 1.99. The van der Waals surface area contributed by atoms with Gasteiger partial charge in [-0.1, -0.05) is 30.3 Å². The van der Waals surface area contributed by atoms with Crippen LogP contribution in [0.2, 0.25) is 0 Å². The lowest BCUT2D eigenvalue weighted by molar-refractivity contribution is -0.153. The van der Waals surface area contributed by atoms with Gasteiger partial charge in [0.15, 0.2) is 6.61 Å². The molecule has 4 nitrogen and oxygen atoms in total. The van der Waals surface area contributed by atoms with Crippen LogP contribution in [0.5, 0.6) is 11.5 Å². The zero-order chi connectivity index (χ0) is 18.3. The minimum absolute atomic E-state index is 0.0899. The number of benzene rings is 2. The van der Waals surface area contributed by atoms with Gasteiger partial charge in [-0.3, -0.25) is 0 Å². The third kappa shape index (κ3) is 6.02. The van der Waals surface area contributed by atoms with Crippen LogP contribution in [0.1, 0.15) is 22.8 Å². The summed E-state index contributed by atoms with van der Waals surface area (Å²) < 4.78 is 52.2. The maximum Gasteiger partial charge on any atom is 0.422 e. The predicted octanol–water partition coefficient (Wildman–Crippen LogP) is 4.38. The van der Waals surface area contributed by atoms with Gasteiger partial charge in [0.1, 0.15) is 23.7 Å². The van der Waals surface area contributed by atoms with Crippen LogP contribution in [0.25, 0.3) is 0 Å². The molecule has 0 saturated heterocycles. The molecule has 0 aliphatic carbocycles. The van der Waals surface area contributed by atoms with Crippen molar-refractivity contribution in [1.82, 2.24) is 0 Å². The van der Waals surface area contributed by atoms with Crippen LogP contribution in [0.15, 0.2) is 48.5 Å². The number of hydrogen-bond donors (Lipinski definition) is 0. The summed E-state index contributed by atoms with van der Waals surface area (Å²) in [6.45, 7) is 0.450. The van der Waals surface area contributed by atoms with Crippen molar-refractivity contribution in [2.24, 2.45) is 0 Å². The number of ether oxygens (including phenoxy) is 3. The lowest BCUT2D eigenvalue weighted by atomic mass is 10.2. The Kier molecular flexibility index (Phi) is 6.27. The minimum Gasteiger partial charge on any atom is -0.489 e. The second kappa shape index (κ2) is 8.41. The van der Waals surface area contributed by atoms with Gasteiger partial charge in [-0.15, -0.1) is 0 Å². The highest BCUT2D eigenvalue weighted by molar-refractivity contribution is 5.93. The highest BCUT2D eigenvalue weighted by Crippen LogP contribution is 2.27. The monoisotopic (exact) mass is 354 g/mol. The molecule has 0 aliphatic heterocycles. The number of carbonyl (C=O) groups excluding carboxylic acids is 1. The van der Waals surface area contributed by atoms with Gasteiger partial charge in [-0.2, -0.15) is 13.2 Å². The predicted molar refractivity (Wildman–Crippen MR) is 84.7 cm³/mol. The third-order valence-electron chi connectivity index (χ3n) is 3.09. The average molecular weight is 354 g/mol. The van der Waals surface area contributed by atoms with Gasteiger partial charge in [0.2, 0.25) is 0 Å². The summed E-state index contributed by atoms with van der Waals surface area (Å²) in [5.74, 6) is -0.654. The SMILES string of the molecule is CCOC(=O)c1cc(OCc2ccccc2)ccc1OCC(F)(F)F. The van der Waals surface area contributed by atoms with Crippen LogP contribution >= 0.6 is 0 Å². The van der Waals surface area contributed by atoms with Gasteiger partial charge in [0.05, 0.1) is 6.61 Å². The van der Waals surface area contributed by atoms with Crippen LogP contribution in [0.3, 0.4) is 0 Å². The molecule has 0 spiro atoms. The maximum atomic E-state index is 12.3. The molecule has 0 unspecified atom stereocenters. The first-order valence-corrected chi connectivity index (χ1v) is 7.56. The van der Waals surface area contributed by atoms with Crippen LogP contribution in [-0.2, 0) is 11.3 Å². The molecular weight excluding hydrogens is 337 g/mol. The molecular formula is C18H17F3O4. The molecule has 0 aliphatic rings. The average Bonchev–Trinajstić information content (AvgIpc) is 2.59. The van der Waals surface area contributed by atoms with Crippen molar-refractivity contribution in [3.05, 3.63) is 59.7 Å². The van der Waals surface area contributed by atoms with Gasteiger partial charge < -0.3 is 14.2 Å². The van der Waals surface area contributed by atoms with Crippen molar-refractivity contribution in [3.63, 3.8) is 0 Å². The molecule has 0 bridgehead atoms. The van der Waals surface area contributed by atoms with Crippen molar-refractivity contribution in [2.75, 3.05) is 13.2 Å². The number of alkyl halides is 3. The van der Waals surface area contributed by atoms with Crippen molar-refractivity contribution in [2.45, 2.75) is 19.7 Å². The van der Waals surface area contributed by atoms with E-state index in [2.05, 4.69) is 0 Å². The van der Waals surface area contributed by atoms with Gasteiger partial charge >= 0.3 is 12.1 Å². The Morgan fingerprint density at radius 3 is 2.40 bits per heavy atom. The van der Waals surface area contributed by atoms with E-state index in [0.717, 1.165) is 5.56 Å². The van der Waals surface area contributed by atoms with Gasteiger partial charge in [-0.25, -0.2) is 4.79 Å². The highest BCUT2D eigenvalue weighted by Gasteiger charge is 2.29. The molecule has 0 aromatic heterocycles. The lowest BCUT2D eigenvalue weighted by Gasteiger charge is -2.14. The first-order chi connectivity index (χ1) is 11.9. The molecule has 2 rings (SSSR count). The van der Waals surface area contributed by atoms with Crippen LogP contribution in [0.4, 0.5) is 13.2 Å². The maximum absolute atomic E-state index is 12.3. The zero-order valence-electron chi connectivity index (χ0n) is 13.5. The first-order valence-electron chi connectivity index (χ1n) is 7.56. The summed E-state index contributed by atoms with van der Waals surface area (Å²) in [4.78, 5) is 12.0. The zero-order valence-corrected chi connectivity index (χ0v) is 13.5. The number of esters is 1. The molecule has 0 amide bonds. The Labute approximate surface area is 143 Å². The van der Waals surface area contributed by atoms with E-state index in [1.54, 1.807) is 6.92 Å². The topological polar surface area (TPSA) is 44.8 Å². The summed E-state index contributed by atoms with van der Waals surface area (Å²) in [5.41, 5.74) is 0.800. The standard InChI is InChI=1S/C18H17F3O4/c1-2-23-17(22)15-10-14(24-11-13-6-4-3-5-7-13)8-9-16(15)25-12-18(19,20)21/h3-10H,2,11-12H2,1H3. The van der Waals surface area contributed by atoms with E-state index in [1.165, 1.54) is 18.2 Å². The quantitative estimate of drug-likeness (QED) is 0.692. The second-order valence-corrected chi connectivity index (χ2v) is 5.06. The summed E-state index contributed by atoms with van der Waals surface area (Å²) >= 11 is 0. The fourth-order valence-corrected chi connectivity index (χ4v) is 1.99. The van der Waals surface area contributed by atoms with E-state index in [9.17, 15) is 18.0 Å². The highest BCUT2D eigenvalue weighted by atomic mass is 19.4. The van der Waals surface area contributed by atoms with Crippen LogP contribution in [-0.4, -0.2) is 25.4 Å². The van der Waals surface area contributed by atoms with E-state index < -0.39 is 18.8 Å². The summed E-state index contributed by atoms with van der Waals surface area (Å²) in [5, 5.41) is 0. The van der Waals surface area contributed by atoms with E-state index >= 15 is 0 Å². The Morgan fingerprint density at radius 2 is 1.76 bits per heavy atom. The Bertz CT molecular complexity index is 699. The molecule has 2 aromatic rings. The molecule has 0 atom stereocenters. The number of halogens is 3. The summed E-state index contributed by atoms with van der Waals surface area (Å²) in [6, 6.07) is 13.3. The first kappa shape index (κ1) is 18.6. The molecule has 25 heavy (non-hydrogen) atoms. The van der Waals surface area contributed by atoms with Crippen molar-refractivity contribution < 1.29 is 32.2 Å². The largest absolute Gasteiger partial charge is 0.489 e. The van der Waals surface area contributed by atoms with Crippen LogP contribution < -0.4 is 9.47 Å². The molecule has 2 aromatic carbocycles. The van der Waals surface area contributed by atoms with Crippen molar-refractivity contribution >= 4 is 5.97 Å². The molecule has 0 fully saturated rings. The van der Waals surface area contributed by atoms with Crippen LogP contribution in [0, 0.1) is 0 Å². The number of hydrogen-bond acceptors (Lipinski definition) is 4. The fraction of sp³-hybridized carbons (Fsp3) is 0.278. The molecule has 0 heterocycles. The Balaban J connectivity index is 2.16. The van der Waals surface area contributed by atoms with Crippen molar-refractivity contribution in [1.29, 1.82) is 0 Å². The normalized spacial score (nSPS) is 11.0. The molecule has 0 N–H and O–H groups in total. The summed E-state index contributed by atoms with van der Waals surface area (Å²) in [7, 11) is 0. The van der Waals surface area contributed by atoms with Crippen molar-refractivity contribution in [3.8, 4) is 11.5 Å². The number of rotatable bonds is 7. The number of carbonyl (C=O) groups is 1. The Hall–Kier alpha value is -2.70. The minimum atomic E-state index is -4.51. The third-order valence-corrected chi connectivity index (χ3v) is 3.09. The molecule has 134 valence electrons. The molecule has 0 saturated carbocycles. The van der Waals surface area contributed by atoms with Gasteiger partial charge in [-0.05, 0) is 30.7 Å². The molecule has 0 radical (unpaired) electrons. The Morgan fingerprint density at radius 1 is 1.04 bits per heavy atom. The van der Waals surface area contributed by atoms with Gasteiger partial charge in [0.25, 0.3) is 0 Å². The lowest BCUT2D eigenvalue weighted by Crippen LogP contribution is -2.20. The molecule has 7 heteroatoms. The van der Waals surface area contributed by atoms with Gasteiger partial charge in [0, 0.05) is 0 Å². The van der Waals surface area contributed by atoms with E-state index in [-0.39, 0.29) is 24.5 Å².